The Hall–Kier alpha value is -4.06. The Bertz CT molecular complexity index is 1710. The van der Waals surface area contributed by atoms with Gasteiger partial charge in [0.15, 0.2) is 48.0 Å². The first-order valence-corrected chi connectivity index (χ1v) is 22.1. The lowest BCUT2D eigenvalue weighted by molar-refractivity contribution is -0.199. The third kappa shape index (κ3) is 8.81. The summed E-state index contributed by atoms with van der Waals surface area (Å²) in [6.07, 6.45) is 6.35. The summed E-state index contributed by atoms with van der Waals surface area (Å²) in [5.74, 6) is 2.07. The van der Waals surface area contributed by atoms with Gasteiger partial charge in [-0.2, -0.15) is 0 Å². The predicted molar refractivity (Wildman–Crippen MR) is 225 cm³/mol. The van der Waals surface area contributed by atoms with Crippen molar-refractivity contribution in [1.82, 2.24) is 9.80 Å². The van der Waals surface area contributed by atoms with Gasteiger partial charge in [0.2, 0.25) is 0 Å². The molecule has 0 bridgehead atoms. The van der Waals surface area contributed by atoms with Gasteiger partial charge in [-0.25, -0.2) is 0 Å². The number of hydrogen-bond donors (Lipinski definition) is 0. The lowest BCUT2D eigenvalue weighted by Gasteiger charge is -2.40. The molecule has 0 N–H and O–H groups in total. The van der Waals surface area contributed by atoms with Crippen LogP contribution >= 0.6 is 0 Å². The van der Waals surface area contributed by atoms with Crippen molar-refractivity contribution in [2.24, 2.45) is 11.8 Å². The summed E-state index contributed by atoms with van der Waals surface area (Å²) >= 11 is 0. The van der Waals surface area contributed by atoms with E-state index in [1.54, 1.807) is 40.6 Å². The number of anilines is 2. The average molecular weight is 853 g/mol. The fourth-order valence-corrected chi connectivity index (χ4v) is 10.1. The number of methoxy groups -OCH3 is 4. The lowest BCUT2D eigenvalue weighted by atomic mass is 9.99. The summed E-state index contributed by atoms with van der Waals surface area (Å²) in [5.41, 5.74) is 2.56. The quantitative estimate of drug-likeness (QED) is 0.206. The molecular formula is C45H64N4O12. The second-order valence-corrected chi connectivity index (χ2v) is 16.9. The number of fused-ring (bicyclic) bond motifs is 4. The second-order valence-electron chi connectivity index (χ2n) is 16.9. The van der Waals surface area contributed by atoms with Crippen LogP contribution in [0.2, 0.25) is 0 Å². The molecule has 61 heavy (non-hydrogen) atoms. The second kappa shape index (κ2) is 19.5. The van der Waals surface area contributed by atoms with Gasteiger partial charge in [0.25, 0.3) is 11.8 Å². The van der Waals surface area contributed by atoms with E-state index in [-0.39, 0.29) is 48.3 Å². The van der Waals surface area contributed by atoms with E-state index >= 15 is 0 Å². The molecule has 4 unspecified atom stereocenters. The summed E-state index contributed by atoms with van der Waals surface area (Å²) in [4.78, 5) is 36.5. The van der Waals surface area contributed by atoms with Gasteiger partial charge in [-0.15, -0.1) is 0 Å². The van der Waals surface area contributed by atoms with Crippen LogP contribution in [-0.4, -0.2) is 154 Å². The number of carbonyl (C=O) groups is 2. The molecule has 0 aliphatic carbocycles. The van der Waals surface area contributed by atoms with Gasteiger partial charge in [-0.05, 0) is 69.9 Å². The number of nitrogens with zero attached hydrogens (tertiary/aromatic N) is 4. The monoisotopic (exact) mass is 852 g/mol. The zero-order chi connectivity index (χ0) is 42.6. The van der Waals surface area contributed by atoms with Crippen molar-refractivity contribution in [2.45, 2.75) is 94.9 Å². The highest BCUT2D eigenvalue weighted by Gasteiger charge is 2.50. The van der Waals surface area contributed by atoms with Crippen LogP contribution < -0.4 is 28.7 Å². The van der Waals surface area contributed by atoms with E-state index in [1.807, 2.05) is 36.0 Å². The fourth-order valence-electron chi connectivity index (χ4n) is 10.1. The van der Waals surface area contributed by atoms with E-state index in [0.717, 1.165) is 62.7 Å². The van der Waals surface area contributed by atoms with Crippen LogP contribution in [0.1, 0.15) is 78.5 Å². The molecule has 6 heterocycles. The Morgan fingerprint density at radius 3 is 1.36 bits per heavy atom. The highest BCUT2D eigenvalue weighted by atomic mass is 16.7. The third-order valence-electron chi connectivity index (χ3n) is 13.4. The molecule has 0 spiro atoms. The van der Waals surface area contributed by atoms with Crippen molar-refractivity contribution in [3.63, 3.8) is 0 Å². The first kappa shape index (κ1) is 43.6. The SMILES string of the molecule is COc1cc2c(cc1OC)N(C)C(OC1CCCCO1)[C@@H]1[C@H](COCCCOC[C@@H]3CCN4C(=O)c5cc(OC)c(OC)cc5N(C)C(OC5CCCCO5)[C@H]34)CCN1C2=O. The standard InChI is InChI=1S/C45H64N4O12/c1-46-32-24-36(54-5)34(52-3)22-30(32)42(50)48-16-14-28(40(48)44(46)60-38-12-7-9-20-58-38)26-56-18-11-19-57-27-29-15-17-49-41(29)45(61-39-13-8-10-21-59-39)47(2)33-25-37(55-6)35(53-4)23-31(33)43(49)51/h22-25,28-29,38-41,44-45H,7-21,26-27H2,1-6H3/t28-,29-,38?,39?,40-,41-,44?,45?/m0/s1. The van der Waals surface area contributed by atoms with Crippen molar-refractivity contribution >= 4 is 23.2 Å². The van der Waals surface area contributed by atoms with Gasteiger partial charge in [0.1, 0.15) is 0 Å². The van der Waals surface area contributed by atoms with Crippen molar-refractivity contribution in [2.75, 3.05) is 105 Å². The highest BCUT2D eigenvalue weighted by molar-refractivity contribution is 6.03. The third-order valence-corrected chi connectivity index (χ3v) is 13.4. The number of likely N-dealkylation sites (N-methyl/N-ethyl adjacent to an activating group) is 2. The summed E-state index contributed by atoms with van der Waals surface area (Å²) in [6, 6.07) is 6.76. The van der Waals surface area contributed by atoms with Crippen molar-refractivity contribution in [3.05, 3.63) is 35.4 Å². The van der Waals surface area contributed by atoms with Gasteiger partial charge in [-0.1, -0.05) is 0 Å². The molecule has 16 heteroatoms. The smallest absolute Gasteiger partial charge is 0.256 e. The zero-order valence-corrected chi connectivity index (χ0v) is 36.6. The van der Waals surface area contributed by atoms with Gasteiger partial charge < -0.3 is 67.0 Å². The number of carbonyl (C=O) groups excluding carboxylic acids is 2. The molecule has 336 valence electrons. The molecule has 6 aliphatic heterocycles. The lowest BCUT2D eigenvalue weighted by Crippen LogP contribution is -2.53. The molecule has 2 aromatic rings. The van der Waals surface area contributed by atoms with E-state index in [9.17, 15) is 9.59 Å². The van der Waals surface area contributed by atoms with Crippen LogP contribution in [-0.2, 0) is 28.4 Å². The first-order chi connectivity index (χ1) is 29.8. The van der Waals surface area contributed by atoms with Crippen LogP contribution in [0.15, 0.2) is 24.3 Å². The molecule has 0 radical (unpaired) electrons. The number of benzene rings is 2. The minimum absolute atomic E-state index is 0.0439. The minimum atomic E-state index is -0.457. The highest BCUT2D eigenvalue weighted by Crippen LogP contribution is 2.45. The Labute approximate surface area is 359 Å². The normalized spacial score (nSPS) is 28.8. The summed E-state index contributed by atoms with van der Waals surface area (Å²) in [5, 5.41) is 0. The van der Waals surface area contributed by atoms with E-state index in [4.69, 9.17) is 47.4 Å². The Balaban J connectivity index is 0.901. The molecule has 0 aromatic heterocycles. The van der Waals surface area contributed by atoms with Gasteiger partial charge in [0.05, 0.1) is 76.2 Å². The predicted octanol–water partition coefficient (Wildman–Crippen LogP) is 5.14. The number of rotatable bonds is 16. The summed E-state index contributed by atoms with van der Waals surface area (Å²) in [7, 11) is 10.3. The van der Waals surface area contributed by atoms with Gasteiger partial charge >= 0.3 is 0 Å². The van der Waals surface area contributed by atoms with Crippen molar-refractivity contribution < 1.29 is 57.0 Å². The molecular weight excluding hydrogens is 789 g/mol. The first-order valence-electron chi connectivity index (χ1n) is 22.1. The molecule has 2 amide bonds. The molecule has 4 fully saturated rings. The summed E-state index contributed by atoms with van der Waals surface area (Å²) in [6.45, 7) is 4.45. The molecule has 16 nitrogen and oxygen atoms in total. The van der Waals surface area contributed by atoms with Crippen LogP contribution in [0.4, 0.5) is 11.4 Å². The van der Waals surface area contributed by atoms with E-state index in [1.165, 1.54) is 0 Å². The molecule has 8 atom stereocenters. The fraction of sp³-hybridized carbons (Fsp3) is 0.689. The Morgan fingerprint density at radius 1 is 0.574 bits per heavy atom. The zero-order valence-electron chi connectivity index (χ0n) is 36.6. The van der Waals surface area contributed by atoms with Gasteiger partial charge in [-0.3, -0.25) is 9.59 Å². The Kier molecular flexibility index (Phi) is 14.0. The number of hydrogen-bond acceptors (Lipinski definition) is 14. The molecule has 2 aromatic carbocycles. The molecule has 6 aliphatic rings. The van der Waals surface area contributed by atoms with Gasteiger partial charge in [0, 0.05) is 77.6 Å². The average Bonchev–Trinajstić information content (AvgIpc) is 3.89. The van der Waals surface area contributed by atoms with E-state index in [0.29, 0.717) is 93.3 Å². The maximum atomic E-state index is 14.3. The molecule has 8 rings (SSSR count). The maximum absolute atomic E-state index is 14.3. The van der Waals surface area contributed by atoms with E-state index in [2.05, 4.69) is 9.80 Å². The van der Waals surface area contributed by atoms with Crippen molar-refractivity contribution in [3.8, 4) is 23.0 Å². The number of amides is 2. The molecule has 0 saturated carbocycles. The Morgan fingerprint density at radius 2 is 0.984 bits per heavy atom. The van der Waals surface area contributed by atoms with E-state index < -0.39 is 12.5 Å². The molecule has 4 saturated heterocycles. The van der Waals surface area contributed by atoms with Crippen LogP contribution in [0.3, 0.4) is 0 Å². The van der Waals surface area contributed by atoms with Crippen LogP contribution in [0.5, 0.6) is 23.0 Å². The topological polar surface area (TPSA) is 139 Å². The van der Waals surface area contributed by atoms with Crippen LogP contribution in [0, 0.1) is 11.8 Å². The maximum Gasteiger partial charge on any atom is 0.256 e. The minimum Gasteiger partial charge on any atom is -0.493 e. The van der Waals surface area contributed by atoms with Crippen molar-refractivity contribution in [1.29, 1.82) is 0 Å². The summed E-state index contributed by atoms with van der Waals surface area (Å²) < 4.78 is 60.8. The van der Waals surface area contributed by atoms with Crippen LogP contribution in [0.25, 0.3) is 0 Å². The largest absolute Gasteiger partial charge is 0.493 e. The number of ether oxygens (including phenoxy) is 10.